The summed E-state index contributed by atoms with van der Waals surface area (Å²) >= 11 is 0. The Morgan fingerprint density at radius 2 is 1.87 bits per heavy atom. The zero-order valence-corrected chi connectivity index (χ0v) is 21.4. The van der Waals surface area contributed by atoms with Gasteiger partial charge in [0.2, 0.25) is 0 Å². The van der Waals surface area contributed by atoms with Crippen molar-refractivity contribution in [1.29, 1.82) is 0 Å². The molecule has 0 bridgehead atoms. The Bertz CT molecular complexity index is 1390. The number of alkyl halides is 5. The van der Waals surface area contributed by atoms with Crippen molar-refractivity contribution in [2.24, 2.45) is 0 Å². The van der Waals surface area contributed by atoms with E-state index in [1.54, 1.807) is 0 Å². The van der Waals surface area contributed by atoms with Gasteiger partial charge in [-0.05, 0) is 58.3 Å². The van der Waals surface area contributed by atoms with E-state index in [-0.39, 0.29) is 41.4 Å². The maximum absolute atomic E-state index is 14.1. The van der Waals surface area contributed by atoms with Crippen LogP contribution in [0.3, 0.4) is 0 Å². The molecule has 2 aliphatic heterocycles. The van der Waals surface area contributed by atoms with Crippen molar-refractivity contribution in [3.8, 4) is 11.4 Å². The highest BCUT2D eigenvalue weighted by Gasteiger charge is 2.57. The molecule has 210 valence electrons. The molecule has 6 rings (SSSR count). The second-order valence-electron chi connectivity index (χ2n) is 11.1. The maximum atomic E-state index is 14.1. The Balaban J connectivity index is 1.31. The molecule has 0 aromatic carbocycles. The molecule has 0 atom stereocenters. The number of aromatic amines is 1. The van der Waals surface area contributed by atoms with Gasteiger partial charge in [-0.15, -0.1) is 0 Å². The minimum Gasteiger partial charge on any atom is -0.313 e. The summed E-state index contributed by atoms with van der Waals surface area (Å²) in [6.45, 7) is -0.263. The molecule has 3 aliphatic rings. The Hall–Kier alpha value is -3.29. The number of urea groups is 1. The van der Waals surface area contributed by atoms with Gasteiger partial charge in [0.25, 0.3) is 5.92 Å². The number of fused-ring (bicyclic) bond motifs is 1. The lowest BCUT2D eigenvalue weighted by molar-refractivity contribution is -0.141. The smallest absolute Gasteiger partial charge is 0.313 e. The average Bonchev–Trinajstić information content (AvgIpc) is 3.36. The van der Waals surface area contributed by atoms with E-state index in [0.29, 0.717) is 23.9 Å². The van der Waals surface area contributed by atoms with E-state index in [1.165, 1.54) is 23.4 Å². The van der Waals surface area contributed by atoms with Crippen LogP contribution in [-0.4, -0.2) is 85.1 Å². The summed E-state index contributed by atoms with van der Waals surface area (Å²) in [5.41, 5.74) is 1.04. The Morgan fingerprint density at radius 1 is 1.15 bits per heavy atom. The molecule has 0 unspecified atom stereocenters. The molecule has 2 saturated heterocycles. The predicted octanol–water partition coefficient (Wildman–Crippen LogP) is 4.99. The van der Waals surface area contributed by atoms with Gasteiger partial charge >= 0.3 is 12.2 Å². The molecule has 3 fully saturated rings. The SMILES string of the molecule is CN1CCC(c2nn(CC(F)(F)F)c3cc(-c4[nH]ncc4NC(=O)N4CC(F)(F)CCC45CC5)ncc23)CC1. The molecule has 39 heavy (non-hydrogen) atoms. The number of nitrogens with one attached hydrogen (secondary N) is 2. The number of H-pyrrole nitrogens is 1. The zero-order chi connectivity index (χ0) is 27.6. The van der Waals surface area contributed by atoms with Crippen molar-refractivity contribution in [2.45, 2.75) is 68.6 Å². The fourth-order valence-electron chi connectivity index (χ4n) is 5.84. The number of carbonyl (C=O) groups excluding carboxylic acids is 1. The monoisotopic (exact) mass is 552 g/mol. The fourth-order valence-corrected chi connectivity index (χ4v) is 5.84. The van der Waals surface area contributed by atoms with Crippen molar-refractivity contribution in [1.82, 2.24) is 34.8 Å². The van der Waals surface area contributed by atoms with Crippen LogP contribution >= 0.6 is 0 Å². The summed E-state index contributed by atoms with van der Waals surface area (Å²) in [7, 11) is 2.01. The standard InChI is InChI=1S/C25H29F5N8O/c1-36-8-2-15(3-9-36)20-16-11-31-17(10-19(16)38(35-20)14-25(28,29)30)21-18(12-32-34-21)33-22(39)37-13-24(26,27)7-6-23(37)4-5-23/h10-12,15H,2-9,13-14H2,1H3,(H,32,34)(H,33,39). The molecule has 14 heteroatoms. The second-order valence-corrected chi connectivity index (χ2v) is 11.1. The van der Waals surface area contributed by atoms with Gasteiger partial charge in [0.05, 0.1) is 35.3 Å². The molecule has 5 heterocycles. The number of aromatic nitrogens is 5. The van der Waals surface area contributed by atoms with Crippen molar-refractivity contribution < 1.29 is 26.7 Å². The normalized spacial score (nSPS) is 21.5. The number of carbonyl (C=O) groups is 1. The van der Waals surface area contributed by atoms with Crippen molar-refractivity contribution >= 4 is 22.6 Å². The van der Waals surface area contributed by atoms with Gasteiger partial charge < -0.3 is 15.1 Å². The maximum Gasteiger partial charge on any atom is 0.408 e. The number of hydrogen-bond acceptors (Lipinski definition) is 5. The number of rotatable bonds is 4. The quantitative estimate of drug-likeness (QED) is 0.445. The molecule has 1 aliphatic carbocycles. The summed E-state index contributed by atoms with van der Waals surface area (Å²) < 4.78 is 69.6. The third-order valence-electron chi connectivity index (χ3n) is 8.23. The topological polar surface area (TPSA) is 95.0 Å². The molecular formula is C25H29F5N8O. The lowest BCUT2D eigenvalue weighted by Crippen LogP contribution is -2.54. The first-order valence-corrected chi connectivity index (χ1v) is 13.1. The van der Waals surface area contributed by atoms with Gasteiger partial charge in [0, 0.05) is 29.5 Å². The van der Waals surface area contributed by atoms with Crippen LogP contribution < -0.4 is 5.32 Å². The highest BCUT2D eigenvalue weighted by molar-refractivity contribution is 5.95. The number of pyridine rings is 1. The fraction of sp³-hybridized carbons (Fsp3) is 0.600. The minimum atomic E-state index is -4.48. The van der Waals surface area contributed by atoms with Gasteiger partial charge in [-0.25, -0.2) is 13.6 Å². The third kappa shape index (κ3) is 5.06. The molecule has 3 aromatic heterocycles. The number of anilines is 1. The lowest BCUT2D eigenvalue weighted by atomic mass is 9.92. The first kappa shape index (κ1) is 26.0. The van der Waals surface area contributed by atoms with E-state index in [4.69, 9.17) is 0 Å². The lowest BCUT2D eigenvalue weighted by Gasteiger charge is -2.40. The highest BCUT2D eigenvalue weighted by Crippen LogP contribution is 2.51. The van der Waals surface area contributed by atoms with E-state index in [0.717, 1.165) is 30.6 Å². The van der Waals surface area contributed by atoms with Crippen molar-refractivity contribution in [3.05, 3.63) is 24.2 Å². The second kappa shape index (κ2) is 9.14. The number of nitrogens with zero attached hydrogens (tertiary/aromatic N) is 6. The van der Waals surface area contributed by atoms with Gasteiger partial charge in [-0.3, -0.25) is 14.8 Å². The van der Waals surface area contributed by atoms with Gasteiger partial charge in [-0.1, -0.05) is 0 Å². The van der Waals surface area contributed by atoms with Crippen molar-refractivity contribution in [3.63, 3.8) is 0 Å². The molecule has 1 spiro atoms. The van der Waals surface area contributed by atoms with Gasteiger partial charge in [0.1, 0.15) is 12.2 Å². The van der Waals surface area contributed by atoms with E-state index >= 15 is 0 Å². The van der Waals surface area contributed by atoms with Crippen LogP contribution in [0.2, 0.25) is 0 Å². The summed E-state index contributed by atoms with van der Waals surface area (Å²) in [5.74, 6) is -2.94. The first-order valence-electron chi connectivity index (χ1n) is 13.1. The summed E-state index contributed by atoms with van der Waals surface area (Å²) in [6.07, 6.45) is 1.27. The van der Waals surface area contributed by atoms with Crippen LogP contribution in [0, 0.1) is 0 Å². The predicted molar refractivity (Wildman–Crippen MR) is 133 cm³/mol. The van der Waals surface area contributed by atoms with E-state index in [9.17, 15) is 26.7 Å². The molecule has 0 radical (unpaired) electrons. The average molecular weight is 553 g/mol. The molecule has 2 amide bonds. The summed E-state index contributed by atoms with van der Waals surface area (Å²) in [6, 6.07) is 0.829. The summed E-state index contributed by atoms with van der Waals surface area (Å²) in [5, 5.41) is 14.3. The minimum absolute atomic E-state index is 0.0188. The third-order valence-corrected chi connectivity index (χ3v) is 8.23. The number of hydrogen-bond donors (Lipinski definition) is 2. The van der Waals surface area contributed by atoms with Crippen LogP contribution in [0.15, 0.2) is 18.5 Å². The van der Waals surface area contributed by atoms with E-state index in [1.807, 2.05) is 7.05 Å². The Kier molecular flexibility index (Phi) is 6.08. The van der Waals surface area contributed by atoms with Crippen LogP contribution in [0.4, 0.5) is 32.4 Å². The van der Waals surface area contributed by atoms with Crippen LogP contribution in [-0.2, 0) is 6.54 Å². The molecule has 1 saturated carbocycles. The summed E-state index contributed by atoms with van der Waals surface area (Å²) in [4.78, 5) is 20.9. The Labute approximate surface area is 220 Å². The number of piperidine rings is 2. The Morgan fingerprint density at radius 3 is 2.56 bits per heavy atom. The van der Waals surface area contributed by atoms with Crippen molar-refractivity contribution in [2.75, 3.05) is 32.0 Å². The van der Waals surface area contributed by atoms with Gasteiger partial charge in [-0.2, -0.15) is 23.4 Å². The molecule has 3 aromatic rings. The molecular weight excluding hydrogens is 523 g/mol. The van der Waals surface area contributed by atoms with E-state index in [2.05, 4.69) is 30.5 Å². The number of likely N-dealkylation sites (tertiary alicyclic amines) is 2. The molecule has 9 nitrogen and oxygen atoms in total. The highest BCUT2D eigenvalue weighted by atomic mass is 19.4. The van der Waals surface area contributed by atoms with Crippen LogP contribution in [0.1, 0.15) is 50.1 Å². The largest absolute Gasteiger partial charge is 0.408 e. The number of amides is 2. The van der Waals surface area contributed by atoms with Crippen LogP contribution in [0.25, 0.3) is 22.3 Å². The van der Waals surface area contributed by atoms with E-state index < -0.39 is 36.8 Å². The van der Waals surface area contributed by atoms with Crippen LogP contribution in [0.5, 0.6) is 0 Å². The first-order chi connectivity index (χ1) is 18.4. The molecule has 2 N–H and O–H groups in total. The zero-order valence-electron chi connectivity index (χ0n) is 21.4. The van der Waals surface area contributed by atoms with Gasteiger partial charge in [0.15, 0.2) is 0 Å². The number of halogens is 5.